The summed E-state index contributed by atoms with van der Waals surface area (Å²) in [5.74, 6) is 0.144. The van der Waals surface area contributed by atoms with Crippen molar-refractivity contribution < 1.29 is 4.79 Å². The Kier molecular flexibility index (Phi) is 3.22. The first-order chi connectivity index (χ1) is 9.27. The summed E-state index contributed by atoms with van der Waals surface area (Å²) in [6, 6.07) is 14.3. The number of nitrogens with one attached hydrogen (secondary N) is 1. The van der Waals surface area contributed by atoms with Gasteiger partial charge in [0.05, 0.1) is 0 Å². The van der Waals surface area contributed by atoms with Gasteiger partial charge in [-0.3, -0.25) is 4.79 Å². The molecule has 3 rings (SSSR count). The largest absolute Gasteiger partial charge is 0.333 e. The van der Waals surface area contributed by atoms with E-state index in [1.165, 1.54) is 0 Å². The third kappa shape index (κ3) is 2.22. The molecule has 0 bridgehead atoms. The fourth-order valence-electron chi connectivity index (χ4n) is 2.71. The number of piperazine rings is 1. The summed E-state index contributed by atoms with van der Waals surface area (Å²) in [5, 5.41) is 5.48. The third-order valence-corrected chi connectivity index (χ3v) is 3.78. The zero-order valence-corrected chi connectivity index (χ0v) is 11.1. The predicted molar refractivity (Wildman–Crippen MR) is 77.3 cm³/mol. The molecule has 0 aliphatic carbocycles. The molecule has 1 saturated heterocycles. The van der Waals surface area contributed by atoms with Gasteiger partial charge in [-0.05, 0) is 23.8 Å². The van der Waals surface area contributed by atoms with Crippen molar-refractivity contribution in [1.29, 1.82) is 0 Å². The van der Waals surface area contributed by atoms with Crippen LogP contribution in [0.15, 0.2) is 42.5 Å². The van der Waals surface area contributed by atoms with Crippen LogP contribution in [0.3, 0.4) is 0 Å². The van der Waals surface area contributed by atoms with Crippen LogP contribution in [0.25, 0.3) is 10.8 Å². The predicted octanol–water partition coefficient (Wildman–Crippen LogP) is 2.27. The molecule has 1 amide bonds. The Bertz CT molecular complexity index is 603. The molecular formula is C16H18N2O. The zero-order chi connectivity index (χ0) is 13.2. The van der Waals surface area contributed by atoms with Gasteiger partial charge in [-0.1, -0.05) is 36.4 Å². The van der Waals surface area contributed by atoms with E-state index in [2.05, 4.69) is 12.2 Å². The van der Waals surface area contributed by atoms with Crippen molar-refractivity contribution in [1.82, 2.24) is 10.2 Å². The summed E-state index contributed by atoms with van der Waals surface area (Å²) in [6.07, 6.45) is 0. The Morgan fingerprint density at radius 3 is 2.84 bits per heavy atom. The lowest BCUT2D eigenvalue weighted by molar-refractivity contribution is 0.0658. The molecule has 0 saturated carbocycles. The second-order valence-electron chi connectivity index (χ2n) is 5.08. The van der Waals surface area contributed by atoms with Crippen LogP contribution >= 0.6 is 0 Å². The number of hydrogen-bond acceptors (Lipinski definition) is 2. The van der Waals surface area contributed by atoms with E-state index in [9.17, 15) is 4.79 Å². The van der Waals surface area contributed by atoms with Crippen LogP contribution in [-0.4, -0.2) is 36.5 Å². The fourth-order valence-corrected chi connectivity index (χ4v) is 2.71. The monoisotopic (exact) mass is 254 g/mol. The first-order valence-electron chi connectivity index (χ1n) is 6.77. The first-order valence-corrected chi connectivity index (χ1v) is 6.77. The quantitative estimate of drug-likeness (QED) is 0.846. The summed E-state index contributed by atoms with van der Waals surface area (Å²) >= 11 is 0. The average molecular weight is 254 g/mol. The number of carbonyl (C=O) groups excluding carboxylic acids is 1. The number of fused-ring (bicyclic) bond motifs is 1. The van der Waals surface area contributed by atoms with Crippen LogP contribution in [0.2, 0.25) is 0 Å². The molecule has 19 heavy (non-hydrogen) atoms. The average Bonchev–Trinajstić information content (AvgIpc) is 2.46. The molecule has 1 aliphatic rings. The van der Waals surface area contributed by atoms with Crippen molar-refractivity contribution in [3.63, 3.8) is 0 Å². The molecule has 0 spiro atoms. The molecule has 1 aliphatic heterocycles. The number of hydrogen-bond donors (Lipinski definition) is 1. The highest BCUT2D eigenvalue weighted by atomic mass is 16.2. The molecule has 3 nitrogen and oxygen atoms in total. The lowest BCUT2D eigenvalue weighted by atomic mass is 10.0. The lowest BCUT2D eigenvalue weighted by Gasteiger charge is -2.34. The Hall–Kier alpha value is -1.87. The van der Waals surface area contributed by atoms with Gasteiger partial charge in [-0.2, -0.15) is 0 Å². The van der Waals surface area contributed by atoms with Gasteiger partial charge in [-0.15, -0.1) is 0 Å². The van der Waals surface area contributed by atoms with Crippen molar-refractivity contribution in [2.45, 2.75) is 13.0 Å². The van der Waals surface area contributed by atoms with Gasteiger partial charge < -0.3 is 10.2 Å². The first kappa shape index (κ1) is 12.2. The Morgan fingerprint density at radius 2 is 2.00 bits per heavy atom. The van der Waals surface area contributed by atoms with E-state index in [0.717, 1.165) is 36.0 Å². The third-order valence-electron chi connectivity index (χ3n) is 3.78. The highest BCUT2D eigenvalue weighted by Gasteiger charge is 2.24. The van der Waals surface area contributed by atoms with Crippen molar-refractivity contribution >= 4 is 16.7 Å². The summed E-state index contributed by atoms with van der Waals surface area (Å²) in [7, 11) is 0. The van der Waals surface area contributed by atoms with Gasteiger partial charge in [0.25, 0.3) is 5.91 Å². The van der Waals surface area contributed by atoms with E-state index in [0.29, 0.717) is 0 Å². The Morgan fingerprint density at radius 1 is 1.21 bits per heavy atom. The molecular weight excluding hydrogens is 236 g/mol. The van der Waals surface area contributed by atoms with Gasteiger partial charge in [0.15, 0.2) is 0 Å². The number of benzene rings is 2. The maximum absolute atomic E-state index is 12.7. The van der Waals surface area contributed by atoms with Crippen molar-refractivity contribution in [2.75, 3.05) is 19.6 Å². The molecule has 1 N–H and O–H groups in total. The van der Waals surface area contributed by atoms with Gasteiger partial charge in [0.2, 0.25) is 0 Å². The molecule has 1 fully saturated rings. The van der Waals surface area contributed by atoms with Gasteiger partial charge in [0, 0.05) is 31.2 Å². The molecule has 1 heterocycles. The molecule has 2 aromatic carbocycles. The molecule has 98 valence electrons. The number of rotatable bonds is 1. The van der Waals surface area contributed by atoms with E-state index in [1.807, 2.05) is 47.4 Å². The summed E-state index contributed by atoms with van der Waals surface area (Å²) in [4.78, 5) is 14.7. The number of amides is 1. The van der Waals surface area contributed by atoms with E-state index < -0.39 is 0 Å². The topological polar surface area (TPSA) is 32.3 Å². The van der Waals surface area contributed by atoms with Gasteiger partial charge in [0.1, 0.15) is 0 Å². The number of carbonyl (C=O) groups is 1. The standard InChI is InChI=1S/C16H18N2O/c1-12-11-17-9-10-18(12)16(19)15-8-4-6-13-5-2-3-7-14(13)15/h2-8,12,17H,9-11H2,1H3/t12-/m0/s1. The summed E-state index contributed by atoms with van der Waals surface area (Å²) < 4.78 is 0. The minimum Gasteiger partial charge on any atom is -0.333 e. The minimum absolute atomic E-state index is 0.144. The highest BCUT2D eigenvalue weighted by Crippen LogP contribution is 2.21. The molecule has 1 atom stereocenters. The maximum atomic E-state index is 12.7. The highest BCUT2D eigenvalue weighted by molar-refractivity contribution is 6.07. The Labute approximate surface area is 113 Å². The molecule has 0 aromatic heterocycles. The van der Waals surface area contributed by atoms with Crippen molar-refractivity contribution in [2.24, 2.45) is 0 Å². The Balaban J connectivity index is 2.01. The molecule has 2 aromatic rings. The van der Waals surface area contributed by atoms with Crippen LogP contribution in [0, 0.1) is 0 Å². The molecule has 0 radical (unpaired) electrons. The summed E-state index contributed by atoms with van der Waals surface area (Å²) in [5.41, 5.74) is 0.812. The maximum Gasteiger partial charge on any atom is 0.254 e. The van der Waals surface area contributed by atoms with Gasteiger partial charge >= 0.3 is 0 Å². The summed E-state index contributed by atoms with van der Waals surface area (Å²) in [6.45, 7) is 4.62. The van der Waals surface area contributed by atoms with Crippen LogP contribution < -0.4 is 5.32 Å². The van der Waals surface area contributed by atoms with Crippen LogP contribution in [0.1, 0.15) is 17.3 Å². The van der Waals surface area contributed by atoms with Crippen molar-refractivity contribution in [3.8, 4) is 0 Å². The zero-order valence-electron chi connectivity index (χ0n) is 11.1. The number of nitrogens with zero attached hydrogens (tertiary/aromatic N) is 1. The smallest absolute Gasteiger partial charge is 0.254 e. The van der Waals surface area contributed by atoms with Crippen LogP contribution in [0.5, 0.6) is 0 Å². The van der Waals surface area contributed by atoms with Gasteiger partial charge in [-0.25, -0.2) is 0 Å². The van der Waals surface area contributed by atoms with E-state index >= 15 is 0 Å². The normalized spacial score (nSPS) is 19.6. The van der Waals surface area contributed by atoms with Crippen LogP contribution in [0.4, 0.5) is 0 Å². The minimum atomic E-state index is 0.144. The van der Waals surface area contributed by atoms with E-state index in [1.54, 1.807) is 0 Å². The molecule has 3 heteroatoms. The second kappa shape index (κ2) is 5.02. The SMILES string of the molecule is C[C@H]1CNCCN1C(=O)c1cccc2ccccc12. The molecule has 0 unspecified atom stereocenters. The van der Waals surface area contributed by atoms with E-state index in [4.69, 9.17) is 0 Å². The van der Waals surface area contributed by atoms with E-state index in [-0.39, 0.29) is 11.9 Å². The van der Waals surface area contributed by atoms with Crippen LogP contribution in [-0.2, 0) is 0 Å². The fraction of sp³-hybridized carbons (Fsp3) is 0.312. The lowest BCUT2D eigenvalue weighted by Crippen LogP contribution is -2.52. The van der Waals surface area contributed by atoms with Crippen molar-refractivity contribution in [3.05, 3.63) is 48.0 Å². The second-order valence-corrected chi connectivity index (χ2v) is 5.08.